The third-order valence-electron chi connectivity index (χ3n) is 3.23. The van der Waals surface area contributed by atoms with E-state index in [4.69, 9.17) is 9.47 Å². The minimum absolute atomic E-state index is 0.333. The number of hydrogen-bond acceptors (Lipinski definition) is 3. The zero-order chi connectivity index (χ0) is 14.4. The zero-order valence-electron chi connectivity index (χ0n) is 12.7. The minimum atomic E-state index is 0.333. The monoisotopic (exact) mass is 263 g/mol. The van der Waals surface area contributed by atoms with E-state index in [0.717, 1.165) is 23.6 Å². The van der Waals surface area contributed by atoms with Gasteiger partial charge in [-0.2, -0.15) is 0 Å². The van der Waals surface area contributed by atoms with Crippen molar-refractivity contribution in [1.29, 1.82) is 0 Å². The third-order valence-corrected chi connectivity index (χ3v) is 3.23. The van der Waals surface area contributed by atoms with Crippen molar-refractivity contribution in [1.82, 2.24) is 4.90 Å². The van der Waals surface area contributed by atoms with Gasteiger partial charge in [-0.15, -0.1) is 0 Å². The molecule has 0 aromatic heterocycles. The normalized spacial score (nSPS) is 13.3. The van der Waals surface area contributed by atoms with Gasteiger partial charge in [0.2, 0.25) is 6.79 Å². The summed E-state index contributed by atoms with van der Waals surface area (Å²) in [5.41, 5.74) is 2.34. The van der Waals surface area contributed by atoms with Gasteiger partial charge in [0, 0.05) is 18.8 Å². The van der Waals surface area contributed by atoms with E-state index in [0.29, 0.717) is 12.8 Å². The highest BCUT2D eigenvalue weighted by Gasteiger charge is 2.15. The molecule has 1 atom stereocenters. The number of rotatable bonds is 4. The van der Waals surface area contributed by atoms with Gasteiger partial charge in [-0.25, -0.2) is 0 Å². The Morgan fingerprint density at radius 3 is 2.58 bits per heavy atom. The van der Waals surface area contributed by atoms with Crippen LogP contribution in [0.1, 0.15) is 33.3 Å². The lowest BCUT2D eigenvalue weighted by Gasteiger charge is -2.27. The van der Waals surface area contributed by atoms with Gasteiger partial charge in [-0.05, 0) is 38.0 Å². The van der Waals surface area contributed by atoms with Crippen LogP contribution in [0, 0.1) is 0 Å². The van der Waals surface area contributed by atoms with Gasteiger partial charge in [0.05, 0.1) is 0 Å². The molecule has 0 bridgehead atoms. The summed E-state index contributed by atoms with van der Waals surface area (Å²) >= 11 is 0. The van der Waals surface area contributed by atoms with Gasteiger partial charge in [0.25, 0.3) is 0 Å². The maximum atomic E-state index is 5.38. The third kappa shape index (κ3) is 3.91. The van der Waals surface area contributed by atoms with Crippen molar-refractivity contribution in [3.8, 4) is 11.5 Å². The average molecular weight is 263 g/mol. The van der Waals surface area contributed by atoms with Crippen LogP contribution < -0.4 is 9.47 Å². The average Bonchev–Trinajstić information content (AvgIpc) is 2.87. The number of benzene rings is 1. The van der Waals surface area contributed by atoms with Crippen LogP contribution in [0.25, 0.3) is 0 Å². The van der Waals surface area contributed by atoms with Crippen molar-refractivity contribution < 1.29 is 9.47 Å². The van der Waals surface area contributed by atoms with E-state index in [-0.39, 0.29) is 0 Å². The summed E-state index contributed by atoms with van der Waals surface area (Å²) in [6, 6.07) is 6.56. The summed E-state index contributed by atoms with van der Waals surface area (Å²) < 4.78 is 10.7. The van der Waals surface area contributed by atoms with E-state index in [1.165, 1.54) is 5.56 Å². The molecule has 0 amide bonds. The molecule has 1 aromatic rings. The largest absolute Gasteiger partial charge is 0.454 e. The highest BCUT2D eigenvalue weighted by molar-refractivity contribution is 5.44. The summed E-state index contributed by atoms with van der Waals surface area (Å²) in [6.07, 6.45) is 0.972. The highest BCUT2D eigenvalue weighted by atomic mass is 16.7. The molecule has 0 N–H and O–H groups in total. The molecule has 1 aromatic carbocycles. The van der Waals surface area contributed by atoms with Crippen LogP contribution in [0.5, 0.6) is 11.5 Å². The van der Waals surface area contributed by atoms with Crippen molar-refractivity contribution in [2.75, 3.05) is 13.8 Å². The fourth-order valence-electron chi connectivity index (χ4n) is 1.92. The Labute approximate surface area is 116 Å². The number of fused-ring (bicyclic) bond motifs is 1. The number of likely N-dealkylation sites (N-methyl/N-ethyl adjacent to an activating group) is 1. The van der Waals surface area contributed by atoms with Crippen molar-refractivity contribution in [3.63, 3.8) is 0 Å². The quantitative estimate of drug-likeness (QED) is 0.824. The second kappa shape index (κ2) is 7.07. The standard InChI is InChI=1S/C14H19NO2.C2H6/c1-10(2)15(4)11(3)7-12-5-6-13-14(8-12)17-9-16-13;1-2/h5-6,8,11H,1,7,9H2,2-4H3;1-2H3. The molecule has 19 heavy (non-hydrogen) atoms. The fourth-order valence-corrected chi connectivity index (χ4v) is 1.92. The summed E-state index contributed by atoms with van der Waals surface area (Å²) in [5, 5.41) is 0. The molecule has 106 valence electrons. The lowest BCUT2D eigenvalue weighted by molar-refractivity contribution is 0.174. The molecule has 2 rings (SSSR count). The first kappa shape index (κ1) is 15.4. The van der Waals surface area contributed by atoms with Gasteiger partial charge >= 0.3 is 0 Å². The van der Waals surface area contributed by atoms with Crippen LogP contribution in [0.2, 0.25) is 0 Å². The van der Waals surface area contributed by atoms with Crippen molar-refractivity contribution in [2.24, 2.45) is 0 Å². The number of nitrogens with zero attached hydrogens (tertiary/aromatic N) is 1. The predicted molar refractivity (Wildman–Crippen MR) is 79.7 cm³/mol. The highest BCUT2D eigenvalue weighted by Crippen LogP contribution is 2.32. The van der Waals surface area contributed by atoms with Crippen LogP contribution in [0.4, 0.5) is 0 Å². The van der Waals surface area contributed by atoms with Crippen LogP contribution in [0.15, 0.2) is 30.5 Å². The Kier molecular flexibility index (Phi) is 5.74. The predicted octanol–water partition coefficient (Wildman–Crippen LogP) is 3.84. The SMILES string of the molecule is C=C(C)N(C)C(C)Cc1ccc2c(c1)OCO2.CC. The molecular weight excluding hydrogens is 238 g/mol. The van der Waals surface area contributed by atoms with Crippen LogP contribution in [-0.4, -0.2) is 24.8 Å². The summed E-state index contributed by atoms with van der Waals surface area (Å²) in [4.78, 5) is 2.19. The smallest absolute Gasteiger partial charge is 0.231 e. The Balaban J connectivity index is 0.000000861. The Bertz CT molecular complexity index is 429. The van der Waals surface area contributed by atoms with Crippen molar-refractivity contribution in [3.05, 3.63) is 36.0 Å². The molecule has 3 heteroatoms. The molecule has 1 aliphatic rings. The number of allylic oxidation sites excluding steroid dienone is 1. The molecule has 0 radical (unpaired) electrons. The van der Waals surface area contributed by atoms with Crippen molar-refractivity contribution in [2.45, 2.75) is 40.2 Å². The first-order valence-electron chi connectivity index (χ1n) is 6.85. The van der Waals surface area contributed by atoms with E-state index < -0.39 is 0 Å². The summed E-state index contributed by atoms with van der Waals surface area (Å²) in [6.45, 7) is 12.5. The molecule has 0 spiro atoms. The van der Waals surface area contributed by atoms with E-state index in [9.17, 15) is 0 Å². The van der Waals surface area contributed by atoms with E-state index in [1.54, 1.807) is 0 Å². The molecule has 0 aliphatic carbocycles. The number of hydrogen-bond donors (Lipinski definition) is 0. The molecule has 0 saturated carbocycles. The molecular formula is C16H25NO2. The first-order valence-corrected chi connectivity index (χ1v) is 6.85. The van der Waals surface area contributed by atoms with E-state index >= 15 is 0 Å². The second-order valence-electron chi connectivity index (χ2n) is 4.59. The molecule has 1 heterocycles. The lowest BCUT2D eigenvalue weighted by atomic mass is 10.1. The zero-order valence-corrected chi connectivity index (χ0v) is 12.7. The summed E-state index contributed by atoms with van der Waals surface area (Å²) in [5.74, 6) is 1.70. The first-order chi connectivity index (χ1) is 9.08. The van der Waals surface area contributed by atoms with Crippen LogP contribution in [0.3, 0.4) is 0 Å². The maximum Gasteiger partial charge on any atom is 0.231 e. The Hall–Kier alpha value is -1.64. The van der Waals surface area contributed by atoms with Crippen LogP contribution >= 0.6 is 0 Å². The van der Waals surface area contributed by atoms with Gasteiger partial charge in [-0.3, -0.25) is 0 Å². The minimum Gasteiger partial charge on any atom is -0.454 e. The van der Waals surface area contributed by atoms with E-state index in [1.807, 2.05) is 26.8 Å². The Morgan fingerprint density at radius 1 is 1.32 bits per heavy atom. The second-order valence-corrected chi connectivity index (χ2v) is 4.59. The Morgan fingerprint density at radius 2 is 1.95 bits per heavy atom. The summed E-state index contributed by atoms with van der Waals surface area (Å²) in [7, 11) is 2.07. The molecule has 1 unspecified atom stereocenters. The lowest BCUT2D eigenvalue weighted by Crippen LogP contribution is -2.28. The van der Waals surface area contributed by atoms with Gasteiger partial charge in [-0.1, -0.05) is 26.5 Å². The van der Waals surface area contributed by atoms with Gasteiger partial charge in [0.15, 0.2) is 11.5 Å². The van der Waals surface area contributed by atoms with E-state index in [2.05, 4.69) is 37.6 Å². The molecule has 3 nitrogen and oxygen atoms in total. The van der Waals surface area contributed by atoms with Crippen LogP contribution in [-0.2, 0) is 6.42 Å². The molecule has 0 fully saturated rings. The van der Waals surface area contributed by atoms with Gasteiger partial charge in [0.1, 0.15) is 0 Å². The topological polar surface area (TPSA) is 21.7 Å². The maximum absolute atomic E-state index is 5.38. The molecule has 1 aliphatic heterocycles. The fraction of sp³-hybridized carbons (Fsp3) is 0.500. The molecule has 0 saturated heterocycles. The number of ether oxygens (including phenoxy) is 2. The van der Waals surface area contributed by atoms with Gasteiger partial charge < -0.3 is 14.4 Å². The van der Waals surface area contributed by atoms with Crippen molar-refractivity contribution >= 4 is 0 Å².